The van der Waals surface area contributed by atoms with Gasteiger partial charge in [0, 0.05) is 17.8 Å². The maximum Gasteiger partial charge on any atom is 0.271 e. The first kappa shape index (κ1) is 19.3. The molecule has 0 bridgehead atoms. The smallest absolute Gasteiger partial charge is 0.271 e. The van der Waals surface area contributed by atoms with Crippen LogP contribution in [0.4, 0.5) is 5.69 Å². The fraction of sp³-hybridized carbons (Fsp3) is 0.130. The molecule has 3 aromatic rings. The third kappa shape index (κ3) is 4.70. The van der Waals surface area contributed by atoms with Gasteiger partial charge in [-0.25, -0.2) is 5.43 Å². The number of hydrazone groups is 1. The summed E-state index contributed by atoms with van der Waals surface area (Å²) < 4.78 is 15.8. The van der Waals surface area contributed by atoms with Crippen molar-refractivity contribution in [2.75, 3.05) is 19.2 Å². The number of ether oxygens (including phenoxy) is 3. The first-order valence-electron chi connectivity index (χ1n) is 9.41. The lowest BCUT2D eigenvalue weighted by Crippen LogP contribution is -2.17. The fourth-order valence-corrected chi connectivity index (χ4v) is 2.91. The van der Waals surface area contributed by atoms with Crippen molar-refractivity contribution >= 4 is 17.8 Å². The van der Waals surface area contributed by atoms with Crippen LogP contribution in [0, 0.1) is 0 Å². The van der Waals surface area contributed by atoms with Gasteiger partial charge >= 0.3 is 0 Å². The predicted octanol–water partition coefficient (Wildman–Crippen LogP) is 3.80. The summed E-state index contributed by atoms with van der Waals surface area (Å²) in [6.07, 6.45) is 1.56. The van der Waals surface area contributed by atoms with E-state index in [9.17, 15) is 4.79 Å². The predicted molar refractivity (Wildman–Crippen MR) is 114 cm³/mol. The molecule has 7 heteroatoms. The van der Waals surface area contributed by atoms with Gasteiger partial charge in [-0.3, -0.25) is 4.79 Å². The summed E-state index contributed by atoms with van der Waals surface area (Å²) in [5.74, 6) is 1.92. The highest BCUT2D eigenvalue weighted by Crippen LogP contribution is 2.31. The van der Waals surface area contributed by atoms with Crippen molar-refractivity contribution in [3.63, 3.8) is 0 Å². The number of fused-ring (bicyclic) bond motifs is 1. The minimum atomic E-state index is -0.284. The summed E-state index contributed by atoms with van der Waals surface area (Å²) in [7, 11) is 1.65. The lowest BCUT2D eigenvalue weighted by atomic mass is 10.2. The maximum absolute atomic E-state index is 12.3. The molecule has 7 nitrogen and oxygen atoms in total. The lowest BCUT2D eigenvalue weighted by Gasteiger charge is -2.08. The van der Waals surface area contributed by atoms with Crippen molar-refractivity contribution in [1.82, 2.24) is 5.43 Å². The van der Waals surface area contributed by atoms with Gasteiger partial charge in [0.05, 0.1) is 13.3 Å². The SMILES string of the molecule is COc1ccc(CNc2ccc(C(=O)N/N=C/c3ccc4c(c3)OCO4)cc2)cc1. The van der Waals surface area contributed by atoms with Gasteiger partial charge in [0.1, 0.15) is 5.75 Å². The van der Waals surface area contributed by atoms with Crippen LogP contribution in [0.15, 0.2) is 71.8 Å². The second-order valence-corrected chi connectivity index (χ2v) is 6.59. The Bertz CT molecular complexity index is 1050. The van der Waals surface area contributed by atoms with Gasteiger partial charge in [-0.2, -0.15) is 5.10 Å². The Morgan fingerprint density at radius 2 is 1.80 bits per heavy atom. The Hall–Kier alpha value is -4.00. The second kappa shape index (κ2) is 9.00. The van der Waals surface area contributed by atoms with E-state index in [2.05, 4.69) is 15.8 Å². The Morgan fingerprint density at radius 3 is 2.57 bits per heavy atom. The van der Waals surface area contributed by atoms with Crippen LogP contribution in [0.2, 0.25) is 0 Å². The van der Waals surface area contributed by atoms with E-state index in [1.165, 1.54) is 0 Å². The molecule has 0 unspecified atom stereocenters. The minimum Gasteiger partial charge on any atom is -0.497 e. The summed E-state index contributed by atoms with van der Waals surface area (Å²) in [5, 5.41) is 7.33. The van der Waals surface area contributed by atoms with Crippen LogP contribution < -0.4 is 25.0 Å². The number of nitrogens with one attached hydrogen (secondary N) is 2. The van der Waals surface area contributed by atoms with Gasteiger partial charge < -0.3 is 19.5 Å². The van der Waals surface area contributed by atoms with Crippen molar-refractivity contribution in [2.24, 2.45) is 5.10 Å². The van der Waals surface area contributed by atoms with E-state index < -0.39 is 0 Å². The summed E-state index contributed by atoms with van der Waals surface area (Å²) in [6.45, 7) is 0.896. The molecule has 0 spiro atoms. The minimum absolute atomic E-state index is 0.220. The van der Waals surface area contributed by atoms with Gasteiger partial charge in [0.25, 0.3) is 5.91 Å². The third-order valence-corrected chi connectivity index (χ3v) is 4.58. The van der Waals surface area contributed by atoms with E-state index >= 15 is 0 Å². The first-order chi connectivity index (χ1) is 14.7. The summed E-state index contributed by atoms with van der Waals surface area (Å²) >= 11 is 0. The van der Waals surface area contributed by atoms with Crippen LogP contribution in [-0.4, -0.2) is 26.0 Å². The molecule has 0 atom stereocenters. The molecule has 0 radical (unpaired) electrons. The molecule has 4 rings (SSSR count). The zero-order valence-corrected chi connectivity index (χ0v) is 16.4. The average Bonchev–Trinajstić information content (AvgIpc) is 3.26. The molecule has 30 heavy (non-hydrogen) atoms. The highest BCUT2D eigenvalue weighted by atomic mass is 16.7. The molecule has 0 fully saturated rings. The molecule has 0 aliphatic carbocycles. The molecule has 1 aliphatic heterocycles. The summed E-state index contributed by atoms with van der Waals surface area (Å²) in [5.41, 5.74) is 5.91. The number of rotatable bonds is 7. The van der Waals surface area contributed by atoms with Gasteiger partial charge in [-0.05, 0) is 65.7 Å². The van der Waals surface area contributed by atoms with Crippen molar-refractivity contribution in [3.05, 3.63) is 83.4 Å². The number of carbonyl (C=O) groups excluding carboxylic acids is 1. The highest BCUT2D eigenvalue weighted by molar-refractivity contribution is 5.95. The molecule has 152 valence electrons. The number of amides is 1. The number of methoxy groups -OCH3 is 1. The fourth-order valence-electron chi connectivity index (χ4n) is 2.91. The molecule has 1 heterocycles. The van der Waals surface area contributed by atoms with Crippen LogP contribution in [0.25, 0.3) is 0 Å². The van der Waals surface area contributed by atoms with Gasteiger partial charge in [0.2, 0.25) is 6.79 Å². The number of benzene rings is 3. The van der Waals surface area contributed by atoms with E-state index in [-0.39, 0.29) is 12.7 Å². The number of nitrogens with zero attached hydrogens (tertiary/aromatic N) is 1. The first-order valence-corrected chi connectivity index (χ1v) is 9.41. The Balaban J connectivity index is 1.29. The Labute approximate surface area is 174 Å². The van der Waals surface area contributed by atoms with Gasteiger partial charge in [0.15, 0.2) is 11.5 Å². The maximum atomic E-state index is 12.3. The van der Waals surface area contributed by atoms with Crippen LogP contribution in [-0.2, 0) is 6.54 Å². The molecule has 2 N–H and O–H groups in total. The van der Waals surface area contributed by atoms with Crippen LogP contribution in [0.3, 0.4) is 0 Å². The zero-order valence-electron chi connectivity index (χ0n) is 16.4. The van der Waals surface area contributed by atoms with Crippen molar-refractivity contribution < 1.29 is 19.0 Å². The average molecular weight is 403 g/mol. The number of hydrogen-bond acceptors (Lipinski definition) is 6. The van der Waals surface area contributed by atoms with Gasteiger partial charge in [-0.15, -0.1) is 0 Å². The molecule has 1 aliphatic rings. The molecule has 3 aromatic carbocycles. The number of carbonyl (C=O) groups is 1. The largest absolute Gasteiger partial charge is 0.497 e. The monoisotopic (exact) mass is 403 g/mol. The van der Waals surface area contributed by atoms with Crippen LogP contribution in [0.1, 0.15) is 21.5 Å². The molecule has 0 aromatic heterocycles. The normalized spacial score (nSPS) is 12.0. The molecule has 1 amide bonds. The molecule has 0 saturated carbocycles. The Kier molecular flexibility index (Phi) is 5.80. The number of anilines is 1. The standard InChI is InChI=1S/C23H21N3O4/c1-28-20-9-2-16(3-10-20)13-24-19-7-5-18(6-8-19)23(27)26-25-14-17-4-11-21-22(12-17)30-15-29-21/h2-12,14,24H,13,15H2,1H3,(H,26,27)/b25-14+. The zero-order chi connectivity index (χ0) is 20.8. The second-order valence-electron chi connectivity index (χ2n) is 6.59. The van der Waals surface area contributed by atoms with Crippen LogP contribution >= 0.6 is 0 Å². The summed E-state index contributed by atoms with van der Waals surface area (Å²) in [6, 6.07) is 20.5. The van der Waals surface area contributed by atoms with E-state index in [0.29, 0.717) is 23.6 Å². The van der Waals surface area contributed by atoms with Crippen molar-refractivity contribution in [2.45, 2.75) is 6.54 Å². The molecule has 0 saturated heterocycles. The quantitative estimate of drug-likeness (QED) is 0.463. The van der Waals surface area contributed by atoms with E-state index in [1.807, 2.05) is 48.5 Å². The van der Waals surface area contributed by atoms with E-state index in [1.54, 1.807) is 31.5 Å². The van der Waals surface area contributed by atoms with E-state index in [4.69, 9.17) is 14.2 Å². The molecular weight excluding hydrogens is 382 g/mol. The number of hydrogen-bond donors (Lipinski definition) is 2. The highest BCUT2D eigenvalue weighted by Gasteiger charge is 2.12. The third-order valence-electron chi connectivity index (χ3n) is 4.58. The Morgan fingerprint density at radius 1 is 1.03 bits per heavy atom. The van der Waals surface area contributed by atoms with Crippen molar-refractivity contribution in [1.29, 1.82) is 0 Å². The van der Waals surface area contributed by atoms with Gasteiger partial charge in [-0.1, -0.05) is 12.1 Å². The lowest BCUT2D eigenvalue weighted by molar-refractivity contribution is 0.0955. The van der Waals surface area contributed by atoms with Crippen LogP contribution in [0.5, 0.6) is 17.2 Å². The molecular formula is C23H21N3O4. The van der Waals surface area contributed by atoms with E-state index in [0.717, 1.165) is 22.6 Å². The van der Waals surface area contributed by atoms with Crippen molar-refractivity contribution in [3.8, 4) is 17.2 Å². The topological polar surface area (TPSA) is 81.2 Å². The summed E-state index contributed by atoms with van der Waals surface area (Å²) in [4.78, 5) is 12.3.